The number of alkyl carbamates (subject to hydrolysis) is 1. The SMILES string of the molecule is Cc1cc(-c2ccc(OC[C@@](C)(N)CC(C)C)c(C)c2)ncn1.Cc1cc(-c2ccc(OC[C@](C)(CC(C)C)NC(=O)OC(C)(C)C)c(C)c2)ncn1. The van der Waals surface area contributed by atoms with E-state index >= 15 is 0 Å². The number of aromatic nitrogens is 4. The summed E-state index contributed by atoms with van der Waals surface area (Å²) in [6, 6.07) is 16.0. The van der Waals surface area contributed by atoms with Crippen LogP contribution >= 0.6 is 0 Å². The number of hydrogen-bond acceptors (Lipinski definition) is 9. The minimum Gasteiger partial charge on any atom is -0.491 e. The lowest BCUT2D eigenvalue weighted by atomic mass is 9.91. The Bertz CT molecular complexity index is 1800. The highest BCUT2D eigenvalue weighted by atomic mass is 16.6. The van der Waals surface area contributed by atoms with E-state index in [9.17, 15) is 4.79 Å². The van der Waals surface area contributed by atoms with Gasteiger partial charge in [0.1, 0.15) is 43.0 Å². The number of nitrogens with two attached hydrogens (primary N) is 1. The van der Waals surface area contributed by atoms with Crippen molar-refractivity contribution in [3.63, 3.8) is 0 Å². The summed E-state index contributed by atoms with van der Waals surface area (Å²) in [6.07, 6.45) is 4.44. The molecule has 0 radical (unpaired) electrons. The van der Waals surface area contributed by atoms with Gasteiger partial charge in [-0.25, -0.2) is 24.7 Å². The highest BCUT2D eigenvalue weighted by Gasteiger charge is 2.31. The molecule has 10 heteroatoms. The Hall–Kier alpha value is -4.57. The van der Waals surface area contributed by atoms with Crippen molar-refractivity contribution < 1.29 is 19.0 Å². The van der Waals surface area contributed by atoms with Crippen molar-refractivity contribution in [2.24, 2.45) is 17.6 Å². The van der Waals surface area contributed by atoms with Crippen LogP contribution in [0.25, 0.3) is 22.5 Å². The van der Waals surface area contributed by atoms with Gasteiger partial charge in [0.25, 0.3) is 0 Å². The van der Waals surface area contributed by atoms with Gasteiger partial charge < -0.3 is 25.3 Å². The molecule has 0 unspecified atom stereocenters. The van der Waals surface area contributed by atoms with E-state index in [4.69, 9.17) is 19.9 Å². The highest BCUT2D eigenvalue weighted by Crippen LogP contribution is 2.28. The zero-order valence-corrected chi connectivity index (χ0v) is 34.3. The molecule has 3 N–H and O–H groups in total. The lowest BCUT2D eigenvalue weighted by Crippen LogP contribution is -2.52. The van der Waals surface area contributed by atoms with Crippen LogP contribution in [0.15, 0.2) is 61.2 Å². The second-order valence-electron chi connectivity index (χ2n) is 16.7. The number of carbonyl (C=O) groups is 1. The minimum absolute atomic E-state index is 0.316. The number of nitrogens with one attached hydrogen (secondary N) is 1. The summed E-state index contributed by atoms with van der Waals surface area (Å²) < 4.78 is 17.6. The Morgan fingerprint density at radius 2 is 1.13 bits per heavy atom. The lowest BCUT2D eigenvalue weighted by Gasteiger charge is -2.33. The standard InChI is InChI=1S/C24H35N3O3.C19H27N3O/c1-16(2)13-24(8,27-22(28)30-23(5,6)7)14-29-21-10-9-19(11-17(21)3)20-12-18(4)25-15-26-20;1-13(2)10-19(5,20)11-23-18-7-6-16(8-14(18)3)17-9-15(4)21-12-22-17/h9-12,15-16H,13-14H2,1-8H3,(H,27,28);6-9,12-13H,10-11,20H2,1-5H3/t24-;19-/m00/s1. The predicted octanol–water partition coefficient (Wildman–Crippen LogP) is 9.37. The summed E-state index contributed by atoms with van der Waals surface area (Å²) in [4.78, 5) is 29.3. The van der Waals surface area contributed by atoms with Gasteiger partial charge in [-0.15, -0.1) is 0 Å². The number of carbonyl (C=O) groups excluding carboxylic acids is 1. The molecule has 0 aliphatic heterocycles. The molecule has 4 aromatic rings. The first kappa shape index (κ1) is 42.8. The van der Waals surface area contributed by atoms with Crippen LogP contribution in [0.4, 0.5) is 4.79 Å². The second-order valence-corrected chi connectivity index (χ2v) is 16.7. The van der Waals surface area contributed by atoms with Gasteiger partial charge in [0.2, 0.25) is 0 Å². The maximum atomic E-state index is 12.4. The molecule has 0 saturated carbocycles. The van der Waals surface area contributed by atoms with Crippen molar-refractivity contribution in [1.29, 1.82) is 0 Å². The minimum atomic E-state index is -0.550. The van der Waals surface area contributed by atoms with Gasteiger partial charge in [-0.3, -0.25) is 0 Å². The quantitative estimate of drug-likeness (QED) is 0.138. The summed E-state index contributed by atoms with van der Waals surface area (Å²) in [6.45, 7) is 27.0. The Morgan fingerprint density at radius 1 is 0.679 bits per heavy atom. The third-order valence-corrected chi connectivity index (χ3v) is 8.19. The zero-order valence-electron chi connectivity index (χ0n) is 34.3. The van der Waals surface area contributed by atoms with Gasteiger partial charge in [-0.2, -0.15) is 0 Å². The van der Waals surface area contributed by atoms with E-state index in [1.807, 2.05) is 98.7 Å². The number of benzene rings is 2. The molecule has 288 valence electrons. The smallest absolute Gasteiger partial charge is 0.408 e. The number of rotatable bonds is 13. The van der Waals surface area contributed by atoms with Crippen LogP contribution in [0.3, 0.4) is 0 Å². The van der Waals surface area contributed by atoms with Crippen molar-refractivity contribution in [3.05, 3.63) is 83.7 Å². The summed E-state index contributed by atoms with van der Waals surface area (Å²) in [5, 5.41) is 3.01. The average Bonchev–Trinajstić information content (AvgIpc) is 3.02. The zero-order chi connectivity index (χ0) is 39.6. The van der Waals surface area contributed by atoms with Crippen LogP contribution in [-0.4, -0.2) is 55.9 Å². The molecule has 2 aromatic carbocycles. The van der Waals surface area contributed by atoms with E-state index in [1.165, 1.54) is 0 Å². The van der Waals surface area contributed by atoms with Gasteiger partial charge in [0.15, 0.2) is 0 Å². The molecule has 1 amide bonds. The molecule has 0 saturated heterocycles. The topological polar surface area (TPSA) is 134 Å². The number of ether oxygens (including phenoxy) is 3. The second kappa shape index (κ2) is 18.5. The molecule has 0 aliphatic rings. The molecule has 0 bridgehead atoms. The molecule has 2 heterocycles. The fourth-order valence-electron chi connectivity index (χ4n) is 6.23. The molecular formula is C43H62N6O4. The van der Waals surface area contributed by atoms with Crippen LogP contribution in [0.1, 0.15) is 97.7 Å². The van der Waals surface area contributed by atoms with Crippen LogP contribution < -0.4 is 20.5 Å². The first-order valence-corrected chi connectivity index (χ1v) is 18.5. The normalized spacial score (nSPS) is 13.7. The largest absolute Gasteiger partial charge is 0.491 e. The first-order valence-electron chi connectivity index (χ1n) is 18.5. The average molecular weight is 727 g/mol. The van der Waals surface area contributed by atoms with Crippen molar-refractivity contribution in [2.75, 3.05) is 13.2 Å². The van der Waals surface area contributed by atoms with Crippen molar-refractivity contribution >= 4 is 6.09 Å². The van der Waals surface area contributed by atoms with Gasteiger partial charge in [0.05, 0.1) is 16.9 Å². The van der Waals surface area contributed by atoms with Gasteiger partial charge >= 0.3 is 6.09 Å². The predicted molar refractivity (Wildman–Crippen MR) is 214 cm³/mol. The molecule has 0 aliphatic carbocycles. The molecular weight excluding hydrogens is 665 g/mol. The monoisotopic (exact) mass is 726 g/mol. The Kier molecular flexibility index (Phi) is 14.9. The van der Waals surface area contributed by atoms with E-state index in [-0.39, 0.29) is 5.54 Å². The Morgan fingerprint density at radius 3 is 1.53 bits per heavy atom. The molecule has 0 spiro atoms. The fourth-order valence-corrected chi connectivity index (χ4v) is 6.23. The summed E-state index contributed by atoms with van der Waals surface area (Å²) >= 11 is 0. The van der Waals surface area contributed by atoms with Crippen molar-refractivity contribution in [3.8, 4) is 34.0 Å². The molecule has 2 aromatic heterocycles. The lowest BCUT2D eigenvalue weighted by molar-refractivity contribution is 0.0407. The van der Waals surface area contributed by atoms with Crippen LogP contribution in [-0.2, 0) is 4.74 Å². The molecule has 4 rings (SSSR count). The molecule has 10 nitrogen and oxygen atoms in total. The van der Waals surface area contributed by atoms with Crippen LogP contribution in [0.2, 0.25) is 0 Å². The van der Waals surface area contributed by atoms with E-state index in [2.05, 4.69) is 65.1 Å². The maximum absolute atomic E-state index is 12.4. The number of amides is 1. The van der Waals surface area contributed by atoms with E-state index in [0.717, 1.165) is 69.4 Å². The van der Waals surface area contributed by atoms with Crippen molar-refractivity contribution in [1.82, 2.24) is 25.3 Å². The van der Waals surface area contributed by atoms with E-state index in [1.54, 1.807) is 12.7 Å². The van der Waals surface area contributed by atoms with Crippen LogP contribution in [0.5, 0.6) is 11.5 Å². The summed E-state index contributed by atoms with van der Waals surface area (Å²) in [5.74, 6) is 2.60. The van der Waals surface area contributed by atoms with E-state index in [0.29, 0.717) is 25.0 Å². The van der Waals surface area contributed by atoms with Crippen molar-refractivity contribution in [2.45, 2.75) is 120 Å². The fraction of sp³-hybridized carbons (Fsp3) is 0.512. The third kappa shape index (κ3) is 14.8. The van der Waals surface area contributed by atoms with Gasteiger partial charge in [-0.1, -0.05) is 27.7 Å². The molecule has 0 fully saturated rings. The van der Waals surface area contributed by atoms with Crippen LogP contribution in [0, 0.1) is 39.5 Å². The van der Waals surface area contributed by atoms with Gasteiger partial charge in [0, 0.05) is 28.1 Å². The number of aryl methyl sites for hydroxylation is 4. The highest BCUT2D eigenvalue weighted by molar-refractivity contribution is 5.69. The number of hydrogen-bond donors (Lipinski definition) is 2. The maximum Gasteiger partial charge on any atom is 0.408 e. The first-order chi connectivity index (χ1) is 24.6. The number of nitrogens with zero attached hydrogens (tertiary/aromatic N) is 4. The Labute approximate surface area is 317 Å². The summed E-state index contributed by atoms with van der Waals surface area (Å²) in [7, 11) is 0. The molecule has 2 atom stereocenters. The van der Waals surface area contributed by atoms with Gasteiger partial charge in [-0.05, 0) is 147 Å². The third-order valence-electron chi connectivity index (χ3n) is 8.19. The molecule has 53 heavy (non-hydrogen) atoms. The Balaban J connectivity index is 0.000000295. The van der Waals surface area contributed by atoms with E-state index < -0.39 is 17.2 Å². The summed E-state index contributed by atoms with van der Waals surface area (Å²) in [5.41, 5.74) is 12.8.